The van der Waals surface area contributed by atoms with Crippen LogP contribution in [0.25, 0.3) is 0 Å². The van der Waals surface area contributed by atoms with Crippen LogP contribution in [0.2, 0.25) is 0 Å². The van der Waals surface area contributed by atoms with E-state index in [0.29, 0.717) is 4.74 Å². The average molecular weight is 954 g/mol. The Kier molecular flexibility index (Phi) is 12.3. The summed E-state index contributed by atoms with van der Waals surface area (Å²) in [6, 6.07) is 0. The highest BCUT2D eigenvalue weighted by molar-refractivity contribution is 5.18. The Morgan fingerprint density at radius 1 is 0.140 bits per heavy atom. The van der Waals surface area contributed by atoms with Gasteiger partial charge in [0, 0.05) is 0 Å². The molecular formula is C18F38O. The van der Waals surface area contributed by atoms with Crippen LogP contribution in [0.4, 0.5) is 167 Å². The summed E-state index contributed by atoms with van der Waals surface area (Å²) in [5, 5.41) is 0. The van der Waals surface area contributed by atoms with Crippen LogP contribution < -0.4 is 0 Å². The fourth-order valence-electron chi connectivity index (χ4n) is 2.98. The Labute approximate surface area is 280 Å². The first-order chi connectivity index (χ1) is 23.7. The van der Waals surface area contributed by atoms with E-state index in [9.17, 15) is 167 Å². The van der Waals surface area contributed by atoms with Gasteiger partial charge in [-0.25, -0.2) is 4.74 Å². The van der Waals surface area contributed by atoms with Crippen LogP contribution in [0.1, 0.15) is 0 Å². The molecule has 0 aliphatic carbocycles. The van der Waals surface area contributed by atoms with Gasteiger partial charge in [0.1, 0.15) is 0 Å². The summed E-state index contributed by atoms with van der Waals surface area (Å²) in [6.45, 7) is 0. The molecule has 0 aliphatic rings. The first kappa shape index (κ1) is 54.3. The number of alkyl halides is 38. The van der Waals surface area contributed by atoms with Crippen molar-refractivity contribution in [2.45, 2.75) is 107 Å². The molecule has 1 nitrogen and oxygen atoms in total. The normalized spacial score (nSPS) is 17.4. The Morgan fingerprint density at radius 3 is 0.368 bits per heavy atom. The molecule has 0 rings (SSSR count). The van der Waals surface area contributed by atoms with Gasteiger partial charge in [0.15, 0.2) is 0 Å². The standard InChI is InChI=1S/C18F38O/c19-1(20,3(23,24)7(31,32)11(39,40)15(47,48)49)5(27,28)9(35,36)13(43,44)17(53,54)57-18(55,56)14(45,46)10(37,38)6(29,30)2(21,22)4(25,26)8(33,34)12(41,42)16(50,51)52. The van der Waals surface area contributed by atoms with E-state index in [1.54, 1.807) is 0 Å². The van der Waals surface area contributed by atoms with Gasteiger partial charge in [0.25, 0.3) is 0 Å². The summed E-state index contributed by atoms with van der Waals surface area (Å²) < 4.78 is 502. The molecule has 0 aromatic heterocycles. The summed E-state index contributed by atoms with van der Waals surface area (Å²) in [4.78, 5) is 0. The molecule has 0 fully saturated rings. The number of rotatable bonds is 16. The molecule has 0 aromatic carbocycles. The maximum atomic E-state index is 13.7. The largest absolute Gasteiger partial charge is 0.460 e. The van der Waals surface area contributed by atoms with Gasteiger partial charge in [0.2, 0.25) is 0 Å². The minimum absolute atomic E-state index is 0.355. The van der Waals surface area contributed by atoms with Crippen molar-refractivity contribution in [2.24, 2.45) is 0 Å². The van der Waals surface area contributed by atoms with Crippen LogP contribution in [0.15, 0.2) is 0 Å². The highest BCUT2D eigenvalue weighted by atomic mass is 19.5. The van der Waals surface area contributed by atoms with Crippen LogP contribution in [0, 0.1) is 0 Å². The highest BCUT2D eigenvalue weighted by Gasteiger charge is 3.00. The van der Waals surface area contributed by atoms with E-state index in [2.05, 4.69) is 0 Å². The lowest BCUT2D eigenvalue weighted by Crippen LogP contribution is -2.77. The van der Waals surface area contributed by atoms with Crippen LogP contribution >= 0.6 is 0 Å². The smallest absolute Gasteiger partial charge is 0.245 e. The van der Waals surface area contributed by atoms with E-state index in [4.69, 9.17) is 0 Å². The van der Waals surface area contributed by atoms with Crippen molar-refractivity contribution in [1.29, 1.82) is 0 Å². The maximum Gasteiger partial charge on any atom is 0.460 e. The van der Waals surface area contributed by atoms with Crippen molar-refractivity contribution in [3.63, 3.8) is 0 Å². The molecule has 344 valence electrons. The SMILES string of the molecule is FC(F)(F)C(F)(F)C(F)(F)C(F)(F)C(F)(F)C(F)(F)C(F)(F)C(F)(F)C(F)(F)OC(F)(F)C(F)(F)C(F)(F)C(F)(F)C(F)(F)C(F)(F)C(F)(F)C(F)(F)C(F)(F)F. The third-order valence-electron chi connectivity index (χ3n) is 6.43. The van der Waals surface area contributed by atoms with E-state index >= 15 is 0 Å². The van der Waals surface area contributed by atoms with Gasteiger partial charge in [-0.3, -0.25) is 0 Å². The number of halogens is 38. The fourth-order valence-corrected chi connectivity index (χ4v) is 2.98. The summed E-state index contributed by atoms with van der Waals surface area (Å²) in [5.41, 5.74) is 0. The van der Waals surface area contributed by atoms with Gasteiger partial charge in [-0.05, 0) is 0 Å². The second kappa shape index (κ2) is 12.9. The molecule has 0 aliphatic heterocycles. The molecule has 39 heteroatoms. The minimum atomic E-state index is -10.0. The molecule has 0 N–H and O–H groups in total. The van der Waals surface area contributed by atoms with Crippen LogP contribution in [-0.2, 0) is 4.74 Å². The fraction of sp³-hybridized carbons (Fsp3) is 1.00. The first-order valence-corrected chi connectivity index (χ1v) is 11.6. The molecule has 0 radical (unpaired) electrons. The van der Waals surface area contributed by atoms with E-state index < -0.39 is 107 Å². The monoisotopic (exact) mass is 954 g/mol. The predicted molar refractivity (Wildman–Crippen MR) is 92.3 cm³/mol. The number of hydrogen-bond acceptors (Lipinski definition) is 1. The first-order valence-electron chi connectivity index (χ1n) is 11.6. The summed E-state index contributed by atoms with van der Waals surface area (Å²) in [7, 11) is 0. The van der Waals surface area contributed by atoms with Crippen molar-refractivity contribution in [2.75, 3.05) is 0 Å². The van der Waals surface area contributed by atoms with E-state index in [-0.39, 0.29) is 0 Å². The quantitative estimate of drug-likeness (QED) is 0.140. The Morgan fingerprint density at radius 2 is 0.246 bits per heavy atom. The summed E-state index contributed by atoms with van der Waals surface area (Å²) in [6.07, 6.45) is -36.0. The third kappa shape index (κ3) is 6.46. The van der Waals surface area contributed by atoms with Gasteiger partial charge in [-0.15, -0.1) is 0 Å². The molecule has 0 amide bonds. The van der Waals surface area contributed by atoms with Gasteiger partial charge >= 0.3 is 107 Å². The van der Waals surface area contributed by atoms with Crippen LogP contribution in [-0.4, -0.2) is 107 Å². The molecule has 0 saturated heterocycles. The zero-order valence-electron chi connectivity index (χ0n) is 23.8. The van der Waals surface area contributed by atoms with Gasteiger partial charge < -0.3 is 0 Å². The molecule has 0 bridgehead atoms. The third-order valence-corrected chi connectivity index (χ3v) is 6.43. The van der Waals surface area contributed by atoms with Gasteiger partial charge in [-0.1, -0.05) is 0 Å². The second-order valence-electron chi connectivity index (χ2n) is 10.2. The molecule has 0 saturated carbocycles. The topological polar surface area (TPSA) is 9.23 Å². The molecule has 0 atom stereocenters. The van der Waals surface area contributed by atoms with Crippen molar-refractivity contribution >= 4 is 0 Å². The predicted octanol–water partition coefficient (Wildman–Crippen LogP) is 12.2. The van der Waals surface area contributed by atoms with Crippen molar-refractivity contribution in [3.8, 4) is 0 Å². The second-order valence-corrected chi connectivity index (χ2v) is 10.2. The zero-order valence-corrected chi connectivity index (χ0v) is 23.8. The lowest BCUT2D eigenvalue weighted by molar-refractivity contribution is -0.530. The number of ether oxygens (including phenoxy) is 1. The molecule has 0 heterocycles. The number of hydrogen-bond donors (Lipinski definition) is 0. The van der Waals surface area contributed by atoms with Crippen molar-refractivity contribution in [3.05, 3.63) is 0 Å². The highest BCUT2D eigenvalue weighted by Crippen LogP contribution is 2.68. The van der Waals surface area contributed by atoms with Crippen LogP contribution in [0.5, 0.6) is 0 Å². The molecule has 0 aromatic rings. The van der Waals surface area contributed by atoms with E-state index in [1.807, 2.05) is 0 Å². The molecule has 0 spiro atoms. The van der Waals surface area contributed by atoms with Gasteiger partial charge in [-0.2, -0.15) is 167 Å². The lowest BCUT2D eigenvalue weighted by Gasteiger charge is -2.45. The average Bonchev–Trinajstić information content (AvgIpc) is 2.93. The van der Waals surface area contributed by atoms with Crippen molar-refractivity contribution in [1.82, 2.24) is 0 Å². The Hall–Kier alpha value is -2.70. The zero-order chi connectivity index (χ0) is 47.7. The maximum absolute atomic E-state index is 13.7. The van der Waals surface area contributed by atoms with Crippen LogP contribution in [0.3, 0.4) is 0 Å². The Bertz CT molecular complexity index is 1340. The molecular weight excluding hydrogens is 954 g/mol. The Balaban J connectivity index is 7.53. The molecule has 57 heavy (non-hydrogen) atoms. The summed E-state index contributed by atoms with van der Waals surface area (Å²) >= 11 is 0. The molecule has 0 unspecified atom stereocenters. The lowest BCUT2D eigenvalue weighted by atomic mass is 9.88. The van der Waals surface area contributed by atoms with Crippen molar-refractivity contribution < 1.29 is 172 Å². The van der Waals surface area contributed by atoms with Gasteiger partial charge in [0.05, 0.1) is 0 Å². The van der Waals surface area contributed by atoms with E-state index in [1.165, 1.54) is 0 Å². The minimum Gasteiger partial charge on any atom is -0.245 e. The summed E-state index contributed by atoms with van der Waals surface area (Å²) in [5.74, 6) is -136. The van der Waals surface area contributed by atoms with E-state index in [0.717, 1.165) is 0 Å².